The average molecular weight is 708 g/mol. The second-order valence-electron chi connectivity index (χ2n) is 14.7. The molecule has 0 saturated carbocycles. The number of hydrogen-bond acceptors (Lipinski definition) is 2. The van der Waals surface area contributed by atoms with E-state index in [4.69, 9.17) is 4.99 Å². The fraction of sp³-hybridized carbons (Fsp3) is 0.0600. The molecule has 1 aliphatic heterocycles. The number of fused-ring (bicyclic) bond motifs is 12. The van der Waals surface area contributed by atoms with Crippen LogP contribution in [0.2, 0.25) is 0 Å². The molecule has 4 heteroatoms. The number of aliphatic imine (C=N–C) groups is 1. The van der Waals surface area contributed by atoms with E-state index in [9.17, 15) is 0 Å². The number of rotatable bonds is 2. The van der Waals surface area contributed by atoms with Gasteiger partial charge in [0.2, 0.25) is 0 Å². The molecule has 3 nitrogen and oxygen atoms in total. The van der Waals surface area contributed by atoms with Crippen LogP contribution in [0.5, 0.6) is 0 Å². The summed E-state index contributed by atoms with van der Waals surface area (Å²) in [6.45, 7) is 2.39. The zero-order chi connectivity index (χ0) is 35.5. The van der Waals surface area contributed by atoms with Gasteiger partial charge in [-0.15, -0.1) is 11.3 Å². The molecule has 1 aliphatic rings. The van der Waals surface area contributed by atoms with E-state index < -0.39 is 0 Å². The van der Waals surface area contributed by atoms with Crippen LogP contribution in [0, 0.1) is 5.92 Å². The van der Waals surface area contributed by atoms with Gasteiger partial charge in [0.1, 0.15) is 5.84 Å². The first-order valence-electron chi connectivity index (χ1n) is 18.8. The molecule has 0 bridgehead atoms. The van der Waals surface area contributed by atoms with E-state index >= 15 is 0 Å². The lowest BCUT2D eigenvalue weighted by Crippen LogP contribution is -2.29. The lowest BCUT2D eigenvalue weighted by Gasteiger charge is -2.32. The van der Waals surface area contributed by atoms with Gasteiger partial charge in [-0.1, -0.05) is 134 Å². The van der Waals surface area contributed by atoms with Crippen molar-refractivity contribution in [1.82, 2.24) is 9.13 Å². The highest BCUT2D eigenvalue weighted by molar-refractivity contribution is 7.26. The molecule has 0 N–H and O–H groups in total. The van der Waals surface area contributed by atoms with Gasteiger partial charge in [-0.2, -0.15) is 0 Å². The molecule has 2 unspecified atom stereocenters. The van der Waals surface area contributed by atoms with Crippen LogP contribution in [0.4, 0.5) is 5.69 Å². The van der Waals surface area contributed by atoms with Crippen LogP contribution in [0.3, 0.4) is 0 Å². The molecular formula is C50H33N3S. The van der Waals surface area contributed by atoms with Crippen molar-refractivity contribution in [2.45, 2.75) is 12.8 Å². The predicted molar refractivity (Wildman–Crippen MR) is 231 cm³/mol. The fourth-order valence-corrected chi connectivity index (χ4v) is 10.8. The number of hydrogen-bond donors (Lipinski definition) is 0. The van der Waals surface area contributed by atoms with Crippen molar-refractivity contribution in [3.8, 4) is 5.69 Å². The first kappa shape index (κ1) is 30.0. The van der Waals surface area contributed by atoms with Crippen LogP contribution in [0.25, 0.3) is 80.2 Å². The van der Waals surface area contributed by atoms with Crippen LogP contribution in [0.1, 0.15) is 24.0 Å². The Labute approximate surface area is 315 Å². The Hall–Kier alpha value is -6.49. The van der Waals surface area contributed by atoms with Crippen LogP contribution in [-0.2, 0) is 0 Å². The smallest absolute Gasteiger partial charge is 0.118 e. The minimum atomic E-state index is 0.0814. The standard InChI is InChI=1S/C50H33N3S/c1-30-47(40-20-12-19-37-36-17-7-11-24-46(36)54-49(37)40)38-18-4-8-21-41(38)51-50(30)53-44-28-25-31-13-2-3-14-33(31)48(44)39-27-26-32(29-45(39)53)52-42-22-9-5-15-34(42)35-16-6-10-23-43(35)52/h2-30,47H,1H3. The van der Waals surface area contributed by atoms with Gasteiger partial charge >= 0.3 is 0 Å². The molecular weight excluding hydrogens is 675 g/mol. The first-order valence-corrected chi connectivity index (χ1v) is 19.6. The fourth-order valence-electron chi connectivity index (χ4n) is 9.56. The van der Waals surface area contributed by atoms with E-state index in [1.54, 1.807) is 0 Å². The Morgan fingerprint density at radius 3 is 1.98 bits per heavy atom. The van der Waals surface area contributed by atoms with E-state index in [1.165, 1.54) is 85.7 Å². The van der Waals surface area contributed by atoms with Gasteiger partial charge in [0.05, 0.1) is 27.8 Å². The molecule has 8 aromatic carbocycles. The maximum atomic E-state index is 5.62. The molecule has 0 fully saturated rings. The number of nitrogens with zero attached hydrogens (tertiary/aromatic N) is 3. The summed E-state index contributed by atoms with van der Waals surface area (Å²) in [5, 5.41) is 10.2. The van der Waals surface area contributed by atoms with Crippen molar-refractivity contribution in [3.05, 3.63) is 181 Å². The van der Waals surface area contributed by atoms with Gasteiger partial charge in [0.15, 0.2) is 0 Å². The topological polar surface area (TPSA) is 22.2 Å². The summed E-state index contributed by atoms with van der Waals surface area (Å²) < 4.78 is 7.62. The number of benzene rings is 8. The zero-order valence-corrected chi connectivity index (χ0v) is 30.4. The van der Waals surface area contributed by atoms with Crippen LogP contribution in [-0.4, -0.2) is 15.0 Å². The Morgan fingerprint density at radius 1 is 0.481 bits per heavy atom. The Balaban J connectivity index is 1.16. The summed E-state index contributed by atoms with van der Waals surface area (Å²) in [6.07, 6.45) is 0. The lowest BCUT2D eigenvalue weighted by atomic mass is 9.78. The van der Waals surface area contributed by atoms with Crippen molar-refractivity contribution in [3.63, 3.8) is 0 Å². The molecule has 54 heavy (non-hydrogen) atoms. The van der Waals surface area contributed by atoms with E-state index in [-0.39, 0.29) is 11.8 Å². The van der Waals surface area contributed by atoms with Gasteiger partial charge in [-0.3, -0.25) is 4.57 Å². The van der Waals surface area contributed by atoms with Crippen molar-refractivity contribution >= 4 is 97.4 Å². The quantitative estimate of drug-likeness (QED) is 0.171. The van der Waals surface area contributed by atoms with Crippen LogP contribution < -0.4 is 0 Å². The highest BCUT2D eigenvalue weighted by Gasteiger charge is 2.35. The highest BCUT2D eigenvalue weighted by atomic mass is 32.1. The summed E-state index contributed by atoms with van der Waals surface area (Å²) in [5.41, 5.74) is 9.62. The summed E-state index contributed by atoms with van der Waals surface area (Å²) in [5.74, 6) is 1.28. The maximum Gasteiger partial charge on any atom is 0.118 e. The average Bonchev–Trinajstić information content (AvgIpc) is 3.88. The zero-order valence-electron chi connectivity index (χ0n) is 29.6. The third-order valence-corrected chi connectivity index (χ3v) is 13.1. The van der Waals surface area contributed by atoms with Gasteiger partial charge in [-0.05, 0) is 64.4 Å². The Morgan fingerprint density at radius 2 is 1.15 bits per heavy atom. The van der Waals surface area contributed by atoms with Gasteiger partial charge in [0, 0.05) is 59.2 Å². The van der Waals surface area contributed by atoms with E-state index in [1.807, 2.05) is 11.3 Å². The van der Waals surface area contributed by atoms with Gasteiger partial charge < -0.3 is 4.57 Å². The number of para-hydroxylation sites is 3. The highest BCUT2D eigenvalue weighted by Crippen LogP contribution is 2.49. The summed E-state index contributed by atoms with van der Waals surface area (Å²) in [6, 6.07) is 62.5. The maximum absolute atomic E-state index is 5.62. The van der Waals surface area contributed by atoms with E-state index in [0.717, 1.165) is 17.2 Å². The Bertz CT molecular complexity index is 3320. The molecule has 0 amide bonds. The molecule has 12 rings (SSSR count). The molecule has 0 radical (unpaired) electrons. The second kappa shape index (κ2) is 11.3. The Kier molecular flexibility index (Phi) is 6.26. The SMILES string of the molecule is CC1C(n2c3cc(-n4c5ccccc5c5ccccc54)ccc3c3c4ccccc4ccc32)=Nc2ccccc2C1c1cccc2c1sc1ccccc12. The van der Waals surface area contributed by atoms with Crippen molar-refractivity contribution < 1.29 is 0 Å². The third-order valence-electron chi connectivity index (χ3n) is 11.9. The van der Waals surface area contributed by atoms with Crippen molar-refractivity contribution in [2.75, 3.05) is 0 Å². The predicted octanol–water partition coefficient (Wildman–Crippen LogP) is 13.8. The minimum absolute atomic E-state index is 0.0814. The molecule has 11 aromatic rings. The summed E-state index contributed by atoms with van der Waals surface area (Å²) >= 11 is 1.92. The molecule has 2 atom stereocenters. The number of aromatic nitrogens is 2. The molecule has 4 heterocycles. The lowest BCUT2D eigenvalue weighted by molar-refractivity contribution is 0.639. The first-order chi connectivity index (χ1) is 26.7. The molecule has 254 valence electrons. The summed E-state index contributed by atoms with van der Waals surface area (Å²) in [7, 11) is 0. The largest absolute Gasteiger partial charge is 0.309 e. The second-order valence-corrected chi connectivity index (χ2v) is 15.8. The van der Waals surface area contributed by atoms with Crippen molar-refractivity contribution in [2.24, 2.45) is 10.9 Å². The van der Waals surface area contributed by atoms with Crippen LogP contribution in [0.15, 0.2) is 175 Å². The normalized spacial score (nSPS) is 16.0. The van der Waals surface area contributed by atoms with Crippen molar-refractivity contribution in [1.29, 1.82) is 0 Å². The van der Waals surface area contributed by atoms with Gasteiger partial charge in [-0.25, -0.2) is 4.99 Å². The third kappa shape index (κ3) is 4.09. The van der Waals surface area contributed by atoms with E-state index in [2.05, 4.69) is 186 Å². The summed E-state index contributed by atoms with van der Waals surface area (Å²) in [4.78, 5) is 5.62. The molecule has 3 aromatic heterocycles. The van der Waals surface area contributed by atoms with E-state index in [0.29, 0.717) is 0 Å². The van der Waals surface area contributed by atoms with Gasteiger partial charge in [0.25, 0.3) is 0 Å². The van der Waals surface area contributed by atoms with Crippen LogP contribution >= 0.6 is 11.3 Å². The molecule has 0 saturated heterocycles. The molecule has 0 aliphatic carbocycles. The minimum Gasteiger partial charge on any atom is -0.309 e. The monoisotopic (exact) mass is 707 g/mol. The molecule has 0 spiro atoms. The number of thiophene rings is 1.